The number of primary amides is 1. The number of benzene rings is 1. The SMILES string of the molecule is CCc1cccc(OCC(=O)NCC(C)(C)C(N)=O)c1. The molecule has 0 atom stereocenters. The Morgan fingerprint density at radius 3 is 2.65 bits per heavy atom. The fourth-order valence-corrected chi connectivity index (χ4v) is 1.46. The van der Waals surface area contributed by atoms with Crippen LogP contribution in [0.15, 0.2) is 24.3 Å². The number of nitrogens with two attached hydrogens (primary N) is 1. The normalized spacial score (nSPS) is 10.9. The van der Waals surface area contributed by atoms with E-state index >= 15 is 0 Å². The molecule has 20 heavy (non-hydrogen) atoms. The van der Waals surface area contributed by atoms with Crippen LogP contribution in [-0.4, -0.2) is 25.0 Å². The lowest BCUT2D eigenvalue weighted by Gasteiger charge is -2.20. The van der Waals surface area contributed by atoms with Gasteiger partial charge in [0.25, 0.3) is 5.91 Å². The van der Waals surface area contributed by atoms with Crippen LogP contribution < -0.4 is 15.8 Å². The molecule has 1 rings (SSSR count). The minimum Gasteiger partial charge on any atom is -0.484 e. The molecular formula is C15H22N2O3. The molecule has 0 saturated carbocycles. The number of rotatable bonds is 7. The van der Waals surface area contributed by atoms with Crippen molar-refractivity contribution in [3.63, 3.8) is 0 Å². The molecule has 5 nitrogen and oxygen atoms in total. The number of carbonyl (C=O) groups excluding carboxylic acids is 2. The Hall–Kier alpha value is -2.04. The lowest BCUT2D eigenvalue weighted by atomic mass is 9.93. The second-order valence-electron chi connectivity index (χ2n) is 5.31. The van der Waals surface area contributed by atoms with Crippen molar-refractivity contribution in [1.29, 1.82) is 0 Å². The topological polar surface area (TPSA) is 81.4 Å². The fraction of sp³-hybridized carbons (Fsp3) is 0.467. The maximum Gasteiger partial charge on any atom is 0.257 e. The van der Waals surface area contributed by atoms with Gasteiger partial charge in [-0.15, -0.1) is 0 Å². The zero-order valence-corrected chi connectivity index (χ0v) is 12.2. The standard InChI is InChI=1S/C15H22N2O3/c1-4-11-6-5-7-12(8-11)20-9-13(18)17-10-15(2,3)14(16)19/h5-8H,4,9-10H2,1-3H3,(H2,16,19)(H,17,18). The summed E-state index contributed by atoms with van der Waals surface area (Å²) < 4.78 is 5.41. The summed E-state index contributed by atoms with van der Waals surface area (Å²) in [6.07, 6.45) is 0.913. The fourth-order valence-electron chi connectivity index (χ4n) is 1.46. The predicted octanol–water partition coefficient (Wildman–Crippen LogP) is 1.26. The van der Waals surface area contributed by atoms with Gasteiger partial charge in [-0.1, -0.05) is 19.1 Å². The van der Waals surface area contributed by atoms with Crippen LogP contribution in [0.4, 0.5) is 0 Å². The lowest BCUT2D eigenvalue weighted by Crippen LogP contribution is -2.43. The van der Waals surface area contributed by atoms with Gasteiger partial charge < -0.3 is 15.8 Å². The second kappa shape index (κ2) is 6.93. The molecule has 0 spiro atoms. The number of hydrogen-bond donors (Lipinski definition) is 2. The highest BCUT2D eigenvalue weighted by molar-refractivity contribution is 5.82. The summed E-state index contributed by atoms with van der Waals surface area (Å²) in [5.41, 5.74) is 5.62. The molecule has 0 unspecified atom stereocenters. The third-order valence-electron chi connectivity index (χ3n) is 3.07. The Kier molecular flexibility index (Phi) is 5.55. The van der Waals surface area contributed by atoms with Gasteiger partial charge in [0, 0.05) is 6.54 Å². The van der Waals surface area contributed by atoms with Gasteiger partial charge in [0.15, 0.2) is 6.61 Å². The lowest BCUT2D eigenvalue weighted by molar-refractivity contribution is -0.127. The Balaban J connectivity index is 2.42. The Morgan fingerprint density at radius 1 is 1.35 bits per heavy atom. The van der Waals surface area contributed by atoms with E-state index in [1.54, 1.807) is 19.9 Å². The number of amides is 2. The number of nitrogens with one attached hydrogen (secondary N) is 1. The second-order valence-corrected chi connectivity index (χ2v) is 5.31. The van der Waals surface area contributed by atoms with E-state index in [4.69, 9.17) is 10.5 Å². The molecule has 3 N–H and O–H groups in total. The zero-order valence-electron chi connectivity index (χ0n) is 12.2. The number of ether oxygens (including phenoxy) is 1. The highest BCUT2D eigenvalue weighted by atomic mass is 16.5. The molecule has 0 heterocycles. The molecule has 0 radical (unpaired) electrons. The molecule has 0 aromatic heterocycles. The van der Waals surface area contributed by atoms with Crippen LogP contribution in [0.2, 0.25) is 0 Å². The predicted molar refractivity (Wildman–Crippen MR) is 77.3 cm³/mol. The van der Waals surface area contributed by atoms with Crippen molar-refractivity contribution >= 4 is 11.8 Å². The highest BCUT2D eigenvalue weighted by Crippen LogP contribution is 2.14. The van der Waals surface area contributed by atoms with E-state index in [1.165, 1.54) is 0 Å². The first-order valence-electron chi connectivity index (χ1n) is 6.63. The van der Waals surface area contributed by atoms with Crippen LogP contribution in [0.1, 0.15) is 26.3 Å². The summed E-state index contributed by atoms with van der Waals surface area (Å²) in [7, 11) is 0. The van der Waals surface area contributed by atoms with Gasteiger partial charge in [-0.3, -0.25) is 9.59 Å². The zero-order chi connectivity index (χ0) is 15.2. The van der Waals surface area contributed by atoms with Crippen molar-refractivity contribution in [3.05, 3.63) is 29.8 Å². The van der Waals surface area contributed by atoms with E-state index in [9.17, 15) is 9.59 Å². The number of hydrogen-bond acceptors (Lipinski definition) is 3. The van der Waals surface area contributed by atoms with E-state index in [2.05, 4.69) is 12.2 Å². The molecule has 0 aliphatic heterocycles. The van der Waals surface area contributed by atoms with Crippen molar-refractivity contribution in [3.8, 4) is 5.75 Å². The molecule has 1 aromatic carbocycles. The number of aryl methyl sites for hydroxylation is 1. The Morgan fingerprint density at radius 2 is 2.05 bits per heavy atom. The average molecular weight is 278 g/mol. The van der Waals surface area contributed by atoms with E-state index in [0.29, 0.717) is 5.75 Å². The molecule has 0 saturated heterocycles. The van der Waals surface area contributed by atoms with E-state index in [0.717, 1.165) is 12.0 Å². The van der Waals surface area contributed by atoms with Gasteiger partial charge >= 0.3 is 0 Å². The first-order chi connectivity index (χ1) is 9.35. The summed E-state index contributed by atoms with van der Waals surface area (Å²) in [4.78, 5) is 22.8. The maximum atomic E-state index is 11.7. The van der Waals surface area contributed by atoms with Crippen molar-refractivity contribution in [2.45, 2.75) is 27.2 Å². The summed E-state index contributed by atoms with van der Waals surface area (Å²) in [5.74, 6) is -0.0655. The van der Waals surface area contributed by atoms with Crippen LogP contribution in [0.25, 0.3) is 0 Å². The van der Waals surface area contributed by atoms with Gasteiger partial charge in [-0.2, -0.15) is 0 Å². The average Bonchev–Trinajstić information content (AvgIpc) is 2.43. The summed E-state index contributed by atoms with van der Waals surface area (Å²) in [6.45, 7) is 5.53. The Labute approximate surface area is 119 Å². The first kappa shape index (κ1) is 16.0. The van der Waals surface area contributed by atoms with Crippen LogP contribution in [-0.2, 0) is 16.0 Å². The van der Waals surface area contributed by atoms with Crippen LogP contribution >= 0.6 is 0 Å². The van der Waals surface area contributed by atoms with Gasteiger partial charge in [0.1, 0.15) is 5.75 Å². The van der Waals surface area contributed by atoms with Crippen molar-refractivity contribution in [2.24, 2.45) is 11.1 Å². The quantitative estimate of drug-likeness (QED) is 0.787. The summed E-state index contributed by atoms with van der Waals surface area (Å²) in [6, 6.07) is 7.60. The molecular weight excluding hydrogens is 256 g/mol. The summed E-state index contributed by atoms with van der Waals surface area (Å²) in [5, 5.41) is 2.64. The molecule has 0 bridgehead atoms. The van der Waals surface area contributed by atoms with E-state index < -0.39 is 11.3 Å². The molecule has 2 amide bonds. The third kappa shape index (κ3) is 4.91. The van der Waals surface area contributed by atoms with Crippen molar-refractivity contribution in [2.75, 3.05) is 13.2 Å². The van der Waals surface area contributed by atoms with Gasteiger partial charge in [0.05, 0.1) is 5.41 Å². The highest BCUT2D eigenvalue weighted by Gasteiger charge is 2.25. The minimum atomic E-state index is -0.766. The largest absolute Gasteiger partial charge is 0.484 e. The Bertz CT molecular complexity index is 484. The van der Waals surface area contributed by atoms with Gasteiger partial charge in [0.2, 0.25) is 5.91 Å². The van der Waals surface area contributed by atoms with Crippen molar-refractivity contribution < 1.29 is 14.3 Å². The minimum absolute atomic E-state index is 0.0813. The van der Waals surface area contributed by atoms with Gasteiger partial charge in [-0.05, 0) is 38.0 Å². The van der Waals surface area contributed by atoms with E-state index in [-0.39, 0.29) is 19.1 Å². The van der Waals surface area contributed by atoms with Crippen LogP contribution in [0, 0.1) is 5.41 Å². The number of carbonyl (C=O) groups is 2. The molecule has 0 aliphatic rings. The molecule has 110 valence electrons. The van der Waals surface area contributed by atoms with Crippen LogP contribution in [0.3, 0.4) is 0 Å². The molecule has 0 fully saturated rings. The first-order valence-corrected chi connectivity index (χ1v) is 6.63. The van der Waals surface area contributed by atoms with Gasteiger partial charge in [-0.25, -0.2) is 0 Å². The monoisotopic (exact) mass is 278 g/mol. The molecule has 0 aliphatic carbocycles. The smallest absolute Gasteiger partial charge is 0.257 e. The van der Waals surface area contributed by atoms with E-state index in [1.807, 2.05) is 18.2 Å². The van der Waals surface area contributed by atoms with Crippen LogP contribution in [0.5, 0.6) is 5.75 Å². The molecule has 5 heteroatoms. The maximum absolute atomic E-state index is 11.7. The molecule has 1 aromatic rings. The summed E-state index contributed by atoms with van der Waals surface area (Å²) >= 11 is 0. The van der Waals surface area contributed by atoms with Crippen molar-refractivity contribution in [1.82, 2.24) is 5.32 Å². The third-order valence-corrected chi connectivity index (χ3v) is 3.07.